The van der Waals surface area contributed by atoms with Crippen LogP contribution in [0.2, 0.25) is 0 Å². The Morgan fingerprint density at radius 3 is 2.80 bits per heavy atom. The standard InChI is InChI=1S/C13H10BrN3O2S/c1-6-3-10(18)7(4-9(6)14)11-8(5-15)12(19)17-13(16-11)20-2/h3-4,18H,1-2H3,(H,16,17,19). The van der Waals surface area contributed by atoms with E-state index in [4.69, 9.17) is 5.26 Å². The molecule has 20 heavy (non-hydrogen) atoms. The summed E-state index contributed by atoms with van der Waals surface area (Å²) >= 11 is 4.62. The van der Waals surface area contributed by atoms with Crippen molar-refractivity contribution in [2.45, 2.75) is 12.1 Å². The molecule has 2 rings (SSSR count). The number of rotatable bonds is 2. The van der Waals surface area contributed by atoms with Crippen molar-refractivity contribution < 1.29 is 5.11 Å². The van der Waals surface area contributed by atoms with Crippen LogP contribution in [-0.2, 0) is 0 Å². The molecular formula is C13H10BrN3O2S. The minimum absolute atomic E-state index is 0.0210. The largest absolute Gasteiger partial charge is 0.507 e. The van der Waals surface area contributed by atoms with Crippen molar-refractivity contribution in [1.82, 2.24) is 9.97 Å². The van der Waals surface area contributed by atoms with Gasteiger partial charge in [-0.25, -0.2) is 4.98 Å². The first kappa shape index (κ1) is 14.6. The number of aromatic hydroxyl groups is 1. The summed E-state index contributed by atoms with van der Waals surface area (Å²) in [6.07, 6.45) is 1.76. The average Bonchev–Trinajstić information content (AvgIpc) is 2.42. The number of nitriles is 1. The van der Waals surface area contributed by atoms with Gasteiger partial charge in [0.2, 0.25) is 0 Å². The van der Waals surface area contributed by atoms with E-state index in [0.29, 0.717) is 10.7 Å². The second-order valence-electron chi connectivity index (χ2n) is 4.03. The summed E-state index contributed by atoms with van der Waals surface area (Å²) in [7, 11) is 0. The number of phenols is 1. The van der Waals surface area contributed by atoms with E-state index in [1.165, 1.54) is 11.8 Å². The van der Waals surface area contributed by atoms with Crippen LogP contribution in [-0.4, -0.2) is 21.3 Å². The molecule has 0 atom stereocenters. The van der Waals surface area contributed by atoms with E-state index in [1.807, 2.05) is 13.0 Å². The molecule has 0 aliphatic rings. The second-order valence-corrected chi connectivity index (χ2v) is 5.68. The Morgan fingerprint density at radius 1 is 1.50 bits per heavy atom. The molecule has 1 aromatic carbocycles. The smallest absolute Gasteiger partial charge is 0.270 e. The fraction of sp³-hybridized carbons (Fsp3) is 0.154. The first-order valence-electron chi connectivity index (χ1n) is 5.55. The molecule has 0 saturated heterocycles. The van der Waals surface area contributed by atoms with Crippen LogP contribution in [0.3, 0.4) is 0 Å². The van der Waals surface area contributed by atoms with Crippen LogP contribution in [0, 0.1) is 18.3 Å². The van der Waals surface area contributed by atoms with Crippen LogP contribution in [0.15, 0.2) is 26.6 Å². The third-order valence-electron chi connectivity index (χ3n) is 2.73. The molecule has 0 bridgehead atoms. The van der Waals surface area contributed by atoms with E-state index in [-0.39, 0.29) is 17.0 Å². The number of hydrogen-bond acceptors (Lipinski definition) is 5. The first-order chi connectivity index (χ1) is 9.47. The number of aryl methyl sites for hydroxylation is 1. The predicted molar refractivity (Wildman–Crippen MR) is 80.9 cm³/mol. The zero-order valence-electron chi connectivity index (χ0n) is 10.7. The van der Waals surface area contributed by atoms with Gasteiger partial charge in [-0.15, -0.1) is 0 Å². The summed E-state index contributed by atoms with van der Waals surface area (Å²) in [5.74, 6) is -0.0210. The van der Waals surface area contributed by atoms with Gasteiger partial charge in [0.25, 0.3) is 5.56 Å². The van der Waals surface area contributed by atoms with Crippen molar-refractivity contribution in [3.8, 4) is 23.1 Å². The van der Waals surface area contributed by atoms with Crippen LogP contribution < -0.4 is 5.56 Å². The Bertz CT molecular complexity index is 780. The zero-order chi connectivity index (χ0) is 14.9. The van der Waals surface area contributed by atoms with Crippen molar-refractivity contribution in [2.75, 3.05) is 6.26 Å². The molecule has 0 saturated carbocycles. The van der Waals surface area contributed by atoms with Gasteiger partial charge < -0.3 is 10.1 Å². The SMILES string of the molecule is CSc1nc(-c2cc(Br)c(C)cc2O)c(C#N)c(=O)[nH]1. The molecule has 0 fully saturated rings. The van der Waals surface area contributed by atoms with Gasteiger partial charge in [0.1, 0.15) is 23.1 Å². The maximum Gasteiger partial charge on any atom is 0.270 e. The number of hydrogen-bond donors (Lipinski definition) is 2. The molecule has 0 amide bonds. The van der Waals surface area contributed by atoms with Crippen molar-refractivity contribution in [3.63, 3.8) is 0 Å². The molecule has 0 radical (unpaired) electrons. The normalized spacial score (nSPS) is 10.3. The molecule has 102 valence electrons. The third kappa shape index (κ3) is 2.57. The van der Waals surface area contributed by atoms with Crippen LogP contribution in [0.25, 0.3) is 11.3 Å². The Balaban J connectivity index is 2.82. The molecule has 2 N–H and O–H groups in total. The first-order valence-corrected chi connectivity index (χ1v) is 7.57. The number of thioether (sulfide) groups is 1. The summed E-state index contributed by atoms with van der Waals surface area (Å²) in [5, 5.41) is 19.6. The number of halogens is 1. The van der Waals surface area contributed by atoms with Crippen molar-refractivity contribution in [1.29, 1.82) is 5.26 Å². The molecule has 5 nitrogen and oxygen atoms in total. The Kier molecular flexibility index (Phi) is 4.16. The molecular weight excluding hydrogens is 342 g/mol. The van der Waals surface area contributed by atoms with E-state index in [9.17, 15) is 9.90 Å². The minimum Gasteiger partial charge on any atom is -0.507 e. The van der Waals surface area contributed by atoms with E-state index >= 15 is 0 Å². The minimum atomic E-state index is -0.516. The fourth-order valence-electron chi connectivity index (χ4n) is 1.70. The highest BCUT2D eigenvalue weighted by Crippen LogP contribution is 2.34. The number of phenolic OH excluding ortho intramolecular Hbond substituents is 1. The maximum absolute atomic E-state index is 11.9. The number of benzene rings is 1. The molecule has 2 aromatic rings. The molecule has 1 aromatic heterocycles. The quantitative estimate of drug-likeness (QED) is 0.641. The molecule has 0 aliphatic carbocycles. The highest BCUT2D eigenvalue weighted by molar-refractivity contribution is 9.10. The molecule has 0 spiro atoms. The summed E-state index contributed by atoms with van der Waals surface area (Å²) in [6.45, 7) is 1.83. The maximum atomic E-state index is 11.9. The number of nitrogens with zero attached hydrogens (tertiary/aromatic N) is 2. The molecule has 0 unspecified atom stereocenters. The van der Waals surface area contributed by atoms with E-state index in [0.717, 1.165) is 10.0 Å². The summed E-state index contributed by atoms with van der Waals surface area (Å²) in [4.78, 5) is 18.6. The highest BCUT2D eigenvalue weighted by Gasteiger charge is 2.17. The number of aromatic nitrogens is 2. The van der Waals surface area contributed by atoms with Gasteiger partial charge in [-0.3, -0.25) is 4.79 Å². The van der Waals surface area contributed by atoms with Crippen LogP contribution >= 0.6 is 27.7 Å². The number of nitrogens with one attached hydrogen (secondary N) is 1. The average molecular weight is 352 g/mol. The summed E-state index contributed by atoms with van der Waals surface area (Å²) in [5.41, 5.74) is 0.741. The lowest BCUT2D eigenvalue weighted by Gasteiger charge is -2.09. The summed E-state index contributed by atoms with van der Waals surface area (Å²) < 4.78 is 0.766. The zero-order valence-corrected chi connectivity index (χ0v) is 13.1. The lowest BCUT2D eigenvalue weighted by atomic mass is 10.0. The Hall–Kier alpha value is -1.78. The van der Waals surface area contributed by atoms with Gasteiger partial charge in [0.05, 0.1) is 0 Å². The Morgan fingerprint density at radius 2 is 2.20 bits per heavy atom. The van der Waals surface area contributed by atoms with Gasteiger partial charge >= 0.3 is 0 Å². The molecule has 1 heterocycles. The van der Waals surface area contributed by atoms with E-state index < -0.39 is 5.56 Å². The Labute approximate surface area is 127 Å². The second kappa shape index (κ2) is 5.69. The lowest BCUT2D eigenvalue weighted by molar-refractivity contribution is 0.476. The third-order valence-corrected chi connectivity index (χ3v) is 4.17. The van der Waals surface area contributed by atoms with Crippen LogP contribution in [0.5, 0.6) is 5.75 Å². The van der Waals surface area contributed by atoms with Crippen LogP contribution in [0.4, 0.5) is 0 Å². The van der Waals surface area contributed by atoms with Gasteiger partial charge in [-0.1, -0.05) is 27.7 Å². The van der Waals surface area contributed by atoms with Crippen molar-refractivity contribution >= 4 is 27.7 Å². The predicted octanol–water partition coefficient (Wildman–Crippen LogP) is 2.81. The molecule has 7 heteroatoms. The number of aromatic amines is 1. The van der Waals surface area contributed by atoms with Crippen LogP contribution in [0.1, 0.15) is 11.1 Å². The topological polar surface area (TPSA) is 89.8 Å². The highest BCUT2D eigenvalue weighted by atomic mass is 79.9. The van der Waals surface area contributed by atoms with Crippen molar-refractivity contribution in [2.24, 2.45) is 0 Å². The van der Waals surface area contributed by atoms with Crippen molar-refractivity contribution in [3.05, 3.63) is 38.1 Å². The van der Waals surface area contributed by atoms with Gasteiger partial charge in [0, 0.05) is 10.0 Å². The fourth-order valence-corrected chi connectivity index (χ4v) is 2.42. The van der Waals surface area contributed by atoms with Gasteiger partial charge in [-0.05, 0) is 30.9 Å². The summed E-state index contributed by atoms with van der Waals surface area (Å²) in [6, 6.07) is 5.04. The monoisotopic (exact) mass is 351 g/mol. The molecule has 0 aliphatic heterocycles. The lowest BCUT2D eigenvalue weighted by Crippen LogP contribution is -2.14. The van der Waals surface area contributed by atoms with E-state index in [2.05, 4.69) is 25.9 Å². The number of H-pyrrole nitrogens is 1. The van der Waals surface area contributed by atoms with Gasteiger partial charge in [0.15, 0.2) is 5.16 Å². The van der Waals surface area contributed by atoms with E-state index in [1.54, 1.807) is 18.4 Å². The van der Waals surface area contributed by atoms with Gasteiger partial charge in [-0.2, -0.15) is 5.26 Å².